The van der Waals surface area contributed by atoms with Crippen LogP contribution in [0, 0.1) is 0 Å². The van der Waals surface area contributed by atoms with Crippen molar-refractivity contribution >= 4 is 40.4 Å². The van der Waals surface area contributed by atoms with Gasteiger partial charge in [0.05, 0.1) is 16.0 Å². The van der Waals surface area contributed by atoms with Gasteiger partial charge in [0.1, 0.15) is 11.5 Å². The van der Waals surface area contributed by atoms with Crippen molar-refractivity contribution in [3.63, 3.8) is 0 Å². The number of amides is 2. The Morgan fingerprint density at radius 3 is 2.25 bits per heavy atom. The van der Waals surface area contributed by atoms with Gasteiger partial charge in [0, 0.05) is 32.7 Å². The third-order valence-corrected chi connectivity index (χ3v) is 6.62. The van der Waals surface area contributed by atoms with Gasteiger partial charge in [0.15, 0.2) is 11.4 Å². The predicted octanol–water partition coefficient (Wildman–Crippen LogP) is 7.28. The number of carbonyl (C=O) groups excluding carboxylic acids is 1. The van der Waals surface area contributed by atoms with E-state index in [1.807, 2.05) is 24.3 Å². The van der Waals surface area contributed by atoms with Gasteiger partial charge in [-0.15, -0.1) is 0 Å². The maximum atomic E-state index is 13.1. The summed E-state index contributed by atoms with van der Waals surface area (Å²) >= 11 is 5.69. The van der Waals surface area contributed by atoms with Crippen LogP contribution in [0.2, 0.25) is 5.02 Å². The van der Waals surface area contributed by atoms with Crippen LogP contribution >= 0.6 is 11.6 Å². The number of carboxylic acids is 1. The van der Waals surface area contributed by atoms with Gasteiger partial charge in [-0.2, -0.15) is 26.3 Å². The van der Waals surface area contributed by atoms with E-state index in [0.29, 0.717) is 49.9 Å². The first-order chi connectivity index (χ1) is 20.7. The molecule has 5 rings (SSSR count). The number of rotatable bonds is 5. The fraction of sp³-hybridized carbons (Fsp3) is 0.250. The molecule has 0 spiro atoms. The fourth-order valence-corrected chi connectivity index (χ4v) is 4.38. The normalized spacial score (nSPS) is 14.1. The van der Waals surface area contributed by atoms with Crippen LogP contribution in [0.4, 0.5) is 37.0 Å². The molecular weight excluding hydrogens is 622 g/mol. The lowest BCUT2D eigenvalue weighted by molar-refractivity contribution is -0.192. The minimum absolute atomic E-state index is 0.0494. The number of aliphatic carboxylic acids is 1. The van der Waals surface area contributed by atoms with Crippen LogP contribution in [0.5, 0.6) is 11.5 Å². The van der Waals surface area contributed by atoms with Gasteiger partial charge in [-0.05, 0) is 48.0 Å². The van der Waals surface area contributed by atoms with E-state index in [-0.39, 0.29) is 16.8 Å². The lowest BCUT2D eigenvalue weighted by atomic mass is 10.1. The number of aromatic nitrogens is 1. The van der Waals surface area contributed by atoms with E-state index in [1.165, 1.54) is 12.1 Å². The van der Waals surface area contributed by atoms with Crippen molar-refractivity contribution in [2.75, 3.05) is 31.5 Å². The number of urea groups is 1. The van der Waals surface area contributed by atoms with Crippen molar-refractivity contribution < 1.29 is 50.3 Å². The molecule has 9 nitrogen and oxygen atoms in total. The number of ether oxygens (including phenoxy) is 1. The van der Waals surface area contributed by atoms with Gasteiger partial charge >= 0.3 is 24.4 Å². The largest absolute Gasteiger partial charge is 0.490 e. The van der Waals surface area contributed by atoms with Crippen LogP contribution in [0.25, 0.3) is 11.0 Å². The average molecular weight is 645 g/mol. The number of piperazine rings is 1. The molecule has 2 N–H and O–H groups in total. The summed E-state index contributed by atoms with van der Waals surface area (Å²) in [7, 11) is 0. The predicted molar refractivity (Wildman–Crippen MR) is 147 cm³/mol. The van der Waals surface area contributed by atoms with E-state index in [4.69, 9.17) is 30.8 Å². The number of alkyl halides is 6. The monoisotopic (exact) mass is 644 g/mol. The molecule has 234 valence electrons. The number of fused-ring (bicyclic) bond motifs is 1. The summed E-state index contributed by atoms with van der Waals surface area (Å²) in [5.74, 6) is -1.89. The third-order valence-electron chi connectivity index (χ3n) is 6.29. The quantitative estimate of drug-likeness (QED) is 0.220. The zero-order chi connectivity index (χ0) is 32.1. The topological polar surface area (TPSA) is 108 Å². The lowest BCUT2D eigenvalue weighted by Gasteiger charge is -2.34. The zero-order valence-corrected chi connectivity index (χ0v) is 23.2. The third kappa shape index (κ3) is 8.54. The van der Waals surface area contributed by atoms with E-state index in [2.05, 4.69) is 15.4 Å². The van der Waals surface area contributed by atoms with Crippen LogP contribution in [0.1, 0.15) is 11.1 Å². The second-order valence-electron chi connectivity index (χ2n) is 9.41. The first-order valence-electron chi connectivity index (χ1n) is 12.8. The number of halogens is 7. The number of carbonyl (C=O) groups is 2. The Kier molecular flexibility index (Phi) is 9.89. The minimum Gasteiger partial charge on any atom is -0.475 e. The molecule has 0 bridgehead atoms. The second kappa shape index (κ2) is 13.4. The molecule has 16 heteroatoms. The molecule has 0 aliphatic carbocycles. The molecule has 1 aliphatic rings. The summed E-state index contributed by atoms with van der Waals surface area (Å²) in [6.45, 7) is 2.98. The zero-order valence-electron chi connectivity index (χ0n) is 22.5. The Bertz CT molecular complexity index is 1620. The highest BCUT2D eigenvalue weighted by Crippen LogP contribution is 2.37. The first-order valence-corrected chi connectivity index (χ1v) is 13.1. The summed E-state index contributed by atoms with van der Waals surface area (Å²) in [6.07, 6.45) is -9.65. The Morgan fingerprint density at radius 1 is 0.932 bits per heavy atom. The molecule has 44 heavy (non-hydrogen) atoms. The summed E-state index contributed by atoms with van der Waals surface area (Å²) < 4.78 is 82.1. The summed E-state index contributed by atoms with van der Waals surface area (Å²) in [4.78, 5) is 25.5. The smallest absolute Gasteiger partial charge is 0.475 e. The van der Waals surface area contributed by atoms with Crippen LogP contribution in [-0.2, 0) is 17.5 Å². The molecule has 0 unspecified atom stereocenters. The number of hydrogen-bond donors (Lipinski definition) is 2. The highest BCUT2D eigenvalue weighted by Gasteiger charge is 2.38. The Balaban J connectivity index is 0.000000566. The average Bonchev–Trinajstić information content (AvgIpc) is 3.36. The van der Waals surface area contributed by atoms with Crippen LogP contribution in [0.15, 0.2) is 71.3 Å². The highest BCUT2D eigenvalue weighted by atomic mass is 35.5. The molecule has 4 aromatic rings. The van der Waals surface area contributed by atoms with Crippen LogP contribution in [0.3, 0.4) is 0 Å². The summed E-state index contributed by atoms with van der Waals surface area (Å²) in [5.41, 5.74) is 0.599. The molecule has 1 aliphatic heterocycles. The van der Waals surface area contributed by atoms with E-state index in [9.17, 15) is 31.1 Å². The van der Waals surface area contributed by atoms with E-state index in [1.54, 1.807) is 29.2 Å². The van der Waals surface area contributed by atoms with E-state index < -0.39 is 23.9 Å². The van der Waals surface area contributed by atoms with Crippen molar-refractivity contribution in [1.29, 1.82) is 0 Å². The molecular formula is C28H23ClF6N4O5. The second-order valence-corrected chi connectivity index (χ2v) is 9.82. The maximum absolute atomic E-state index is 13.1. The summed E-state index contributed by atoms with van der Waals surface area (Å²) in [6, 6.07) is 17.7. The van der Waals surface area contributed by atoms with Gasteiger partial charge in [0.2, 0.25) is 0 Å². The molecule has 2 heterocycles. The number of benzene rings is 3. The molecule has 0 atom stereocenters. The molecule has 0 saturated carbocycles. The molecule has 1 fully saturated rings. The molecule has 3 aromatic carbocycles. The van der Waals surface area contributed by atoms with Gasteiger partial charge < -0.3 is 19.3 Å². The van der Waals surface area contributed by atoms with Crippen molar-refractivity contribution in [3.8, 4) is 11.5 Å². The van der Waals surface area contributed by atoms with Crippen molar-refractivity contribution in [3.05, 3.63) is 82.9 Å². The fourth-order valence-electron chi connectivity index (χ4n) is 4.15. The molecule has 2 amide bonds. The number of anilines is 1. The minimum atomic E-state index is -5.08. The number of hydrogen-bond acceptors (Lipinski definition) is 6. The van der Waals surface area contributed by atoms with Crippen LogP contribution < -0.4 is 10.1 Å². The van der Waals surface area contributed by atoms with E-state index in [0.717, 1.165) is 17.0 Å². The van der Waals surface area contributed by atoms with E-state index >= 15 is 0 Å². The number of nitrogens with one attached hydrogen (secondary N) is 1. The standard InChI is InChI=1S/C26H22ClF3N4O3.C2HF3O2/c27-22-9-8-19(15-21(22)26(28,29)30)36-18-5-3-4-17(14-18)16-33-10-12-34(13-11-33)25(35)31-24-20-6-1-2-7-23(20)37-32-24;3-2(4,5)1(6)7/h1-9,14-15H,10-13,16H2,(H,31,32,35);(H,6,7). The Hall–Kier alpha value is -4.50. The highest BCUT2D eigenvalue weighted by molar-refractivity contribution is 6.31. The molecule has 0 radical (unpaired) electrons. The Morgan fingerprint density at radius 2 is 1.59 bits per heavy atom. The number of para-hydroxylation sites is 1. The van der Waals surface area contributed by atoms with Crippen LogP contribution in [-0.4, -0.2) is 64.4 Å². The molecule has 1 saturated heterocycles. The van der Waals surface area contributed by atoms with Gasteiger partial charge in [0.25, 0.3) is 0 Å². The maximum Gasteiger partial charge on any atom is 0.490 e. The van der Waals surface area contributed by atoms with Gasteiger partial charge in [-0.3, -0.25) is 10.2 Å². The van der Waals surface area contributed by atoms with Crippen molar-refractivity contribution in [1.82, 2.24) is 15.0 Å². The molecule has 1 aromatic heterocycles. The summed E-state index contributed by atoms with van der Waals surface area (Å²) in [5, 5.41) is 14.2. The van der Waals surface area contributed by atoms with Crippen molar-refractivity contribution in [2.24, 2.45) is 0 Å². The van der Waals surface area contributed by atoms with Crippen molar-refractivity contribution in [2.45, 2.75) is 18.9 Å². The number of carboxylic acid groups (broad SMARTS) is 1. The first kappa shape index (κ1) is 32.4. The SMILES string of the molecule is O=C(Nc1noc2ccccc12)N1CCN(Cc2cccc(Oc3ccc(Cl)c(C(F)(F)F)c3)c2)CC1.O=C(O)C(F)(F)F. The number of nitrogens with zero attached hydrogens (tertiary/aromatic N) is 3. The Labute approximate surface area is 250 Å². The lowest BCUT2D eigenvalue weighted by Crippen LogP contribution is -2.49. The van der Waals surface area contributed by atoms with Gasteiger partial charge in [-0.25, -0.2) is 9.59 Å². The van der Waals surface area contributed by atoms with Gasteiger partial charge in [-0.1, -0.05) is 41.0 Å².